The number of aliphatic hydroxyl groups is 1. The number of rotatable bonds is 6. The Bertz CT molecular complexity index is 1060. The number of para-hydroxylation sites is 1. The molecular formula is C22H23NO3S. The van der Waals surface area contributed by atoms with Gasteiger partial charge in [0.1, 0.15) is 0 Å². The Morgan fingerprint density at radius 3 is 2.52 bits per heavy atom. The fourth-order valence-corrected chi connectivity index (χ4v) is 4.95. The van der Waals surface area contributed by atoms with E-state index in [0.29, 0.717) is 4.90 Å². The molecule has 1 aliphatic carbocycles. The van der Waals surface area contributed by atoms with Crippen molar-refractivity contribution in [3.8, 4) is 0 Å². The zero-order chi connectivity index (χ0) is 19.0. The van der Waals surface area contributed by atoms with Gasteiger partial charge in [-0.2, -0.15) is 0 Å². The maximum Gasteiger partial charge on any atom is 0.181 e. The van der Waals surface area contributed by atoms with E-state index in [4.69, 9.17) is 0 Å². The van der Waals surface area contributed by atoms with E-state index in [9.17, 15) is 13.5 Å². The molecular weight excluding hydrogens is 358 g/mol. The Labute approximate surface area is 159 Å². The van der Waals surface area contributed by atoms with Gasteiger partial charge in [0.05, 0.1) is 10.1 Å². The van der Waals surface area contributed by atoms with E-state index in [1.165, 1.54) is 0 Å². The lowest BCUT2D eigenvalue weighted by Gasteiger charge is -2.11. The summed E-state index contributed by atoms with van der Waals surface area (Å²) in [5, 5.41) is 10.4. The standard InChI is InChI=1S/C22H23NO3S/c1-15(14-24)12-20(22-13-17-4-2-3-5-21(17)23-22)16-6-8-18(9-7-16)27(25,26)19-10-11-19/h2-9,12-13,15,19,23-24H,10-11,14H2,1H3/b20-12+/t15-/m0/s1. The molecule has 1 fully saturated rings. The number of aromatic nitrogens is 1. The molecule has 0 saturated heterocycles. The zero-order valence-electron chi connectivity index (χ0n) is 15.2. The normalized spacial score (nSPS) is 16.6. The lowest BCUT2D eigenvalue weighted by atomic mass is 9.98. The first-order valence-electron chi connectivity index (χ1n) is 9.24. The second-order valence-corrected chi connectivity index (χ2v) is 9.51. The molecule has 0 amide bonds. The molecule has 3 aromatic rings. The molecule has 140 valence electrons. The minimum absolute atomic E-state index is 0.0127. The molecule has 5 heteroatoms. The summed E-state index contributed by atoms with van der Waals surface area (Å²) in [7, 11) is -3.19. The fraction of sp³-hybridized carbons (Fsp3) is 0.273. The molecule has 4 nitrogen and oxygen atoms in total. The predicted octanol–water partition coefficient (Wildman–Crippen LogP) is 4.16. The predicted molar refractivity (Wildman–Crippen MR) is 108 cm³/mol. The van der Waals surface area contributed by atoms with E-state index in [2.05, 4.69) is 11.1 Å². The lowest BCUT2D eigenvalue weighted by molar-refractivity contribution is 0.262. The highest BCUT2D eigenvalue weighted by atomic mass is 32.2. The summed E-state index contributed by atoms with van der Waals surface area (Å²) in [6.07, 6.45) is 3.55. The SMILES string of the molecule is C[C@@H](/C=C(\c1ccc(S(=O)(=O)C2CC2)cc1)c1cc2ccccc2[nH]1)CO. The van der Waals surface area contributed by atoms with E-state index in [0.717, 1.165) is 40.6 Å². The van der Waals surface area contributed by atoms with Crippen molar-refractivity contribution in [2.24, 2.45) is 5.92 Å². The zero-order valence-corrected chi connectivity index (χ0v) is 16.0. The van der Waals surface area contributed by atoms with Gasteiger partial charge in [-0.05, 0) is 48.6 Å². The molecule has 1 heterocycles. The van der Waals surface area contributed by atoms with Crippen molar-refractivity contribution >= 4 is 26.3 Å². The average molecular weight is 381 g/mol. The van der Waals surface area contributed by atoms with E-state index >= 15 is 0 Å². The van der Waals surface area contributed by atoms with Crippen LogP contribution in [0.4, 0.5) is 0 Å². The first kappa shape index (κ1) is 18.0. The van der Waals surface area contributed by atoms with Crippen molar-refractivity contribution in [1.82, 2.24) is 4.98 Å². The average Bonchev–Trinajstić information content (AvgIpc) is 3.46. The van der Waals surface area contributed by atoms with Gasteiger partial charge in [-0.25, -0.2) is 8.42 Å². The van der Waals surface area contributed by atoms with Crippen LogP contribution in [0.1, 0.15) is 31.0 Å². The Hall–Kier alpha value is -2.37. The van der Waals surface area contributed by atoms with Crippen molar-refractivity contribution in [3.05, 3.63) is 71.9 Å². The molecule has 4 rings (SSSR count). The quantitative estimate of drug-likeness (QED) is 0.673. The first-order chi connectivity index (χ1) is 13.0. The van der Waals surface area contributed by atoms with Crippen LogP contribution in [0.2, 0.25) is 0 Å². The van der Waals surface area contributed by atoms with Crippen LogP contribution in [0.5, 0.6) is 0 Å². The highest BCUT2D eigenvalue weighted by Crippen LogP contribution is 2.34. The summed E-state index contributed by atoms with van der Waals surface area (Å²) >= 11 is 0. The van der Waals surface area contributed by atoms with E-state index in [1.54, 1.807) is 12.1 Å². The molecule has 27 heavy (non-hydrogen) atoms. The largest absolute Gasteiger partial charge is 0.396 e. The van der Waals surface area contributed by atoms with Gasteiger partial charge in [0.25, 0.3) is 0 Å². The number of aromatic amines is 1. The molecule has 0 bridgehead atoms. The van der Waals surface area contributed by atoms with Gasteiger partial charge in [-0.1, -0.05) is 43.3 Å². The molecule has 0 radical (unpaired) electrons. The number of nitrogens with one attached hydrogen (secondary N) is 1. The van der Waals surface area contributed by atoms with Gasteiger partial charge in [0, 0.05) is 28.8 Å². The molecule has 2 N–H and O–H groups in total. The molecule has 0 spiro atoms. The maximum absolute atomic E-state index is 12.4. The van der Waals surface area contributed by atoms with Crippen LogP contribution < -0.4 is 0 Å². The first-order valence-corrected chi connectivity index (χ1v) is 10.8. The third-order valence-corrected chi connectivity index (χ3v) is 7.29. The summed E-state index contributed by atoms with van der Waals surface area (Å²) in [4.78, 5) is 3.82. The third-order valence-electron chi connectivity index (χ3n) is 5.02. The van der Waals surface area contributed by atoms with Crippen LogP contribution >= 0.6 is 0 Å². The number of benzene rings is 2. The minimum atomic E-state index is -3.19. The van der Waals surface area contributed by atoms with Crippen LogP contribution in [0.3, 0.4) is 0 Å². The molecule has 0 aliphatic heterocycles. The molecule has 1 aromatic heterocycles. The summed E-state index contributed by atoms with van der Waals surface area (Å²) in [5.74, 6) is -0.0127. The molecule has 0 unspecified atom stereocenters. The second-order valence-electron chi connectivity index (χ2n) is 7.28. The summed E-state index contributed by atoms with van der Waals surface area (Å²) in [5.41, 5.74) is 3.89. The fourth-order valence-electron chi connectivity index (χ4n) is 3.29. The Morgan fingerprint density at radius 2 is 1.89 bits per heavy atom. The van der Waals surface area contributed by atoms with Gasteiger partial charge in [-0.15, -0.1) is 0 Å². The van der Waals surface area contributed by atoms with Gasteiger partial charge < -0.3 is 10.1 Å². The third kappa shape index (κ3) is 3.57. The second kappa shape index (κ2) is 6.98. The van der Waals surface area contributed by atoms with Gasteiger partial charge in [0.15, 0.2) is 9.84 Å². The van der Waals surface area contributed by atoms with Crippen molar-refractivity contribution in [3.63, 3.8) is 0 Å². The van der Waals surface area contributed by atoms with Crippen molar-refractivity contribution < 1.29 is 13.5 Å². The number of sulfone groups is 1. The Kier molecular flexibility index (Phi) is 4.66. The topological polar surface area (TPSA) is 70.2 Å². The Balaban J connectivity index is 1.76. The Morgan fingerprint density at radius 1 is 1.19 bits per heavy atom. The number of hydrogen-bond donors (Lipinski definition) is 2. The van der Waals surface area contributed by atoms with Gasteiger partial charge >= 0.3 is 0 Å². The summed E-state index contributed by atoms with van der Waals surface area (Å²) in [6, 6.07) is 17.3. The molecule has 1 aliphatic rings. The highest BCUT2D eigenvalue weighted by molar-refractivity contribution is 7.92. The van der Waals surface area contributed by atoms with Crippen molar-refractivity contribution in [1.29, 1.82) is 0 Å². The smallest absolute Gasteiger partial charge is 0.181 e. The van der Waals surface area contributed by atoms with Crippen LogP contribution in [0.25, 0.3) is 16.5 Å². The van der Waals surface area contributed by atoms with Crippen molar-refractivity contribution in [2.75, 3.05) is 6.61 Å². The highest BCUT2D eigenvalue weighted by Gasteiger charge is 2.36. The minimum Gasteiger partial charge on any atom is -0.396 e. The molecule has 2 aromatic carbocycles. The van der Waals surface area contributed by atoms with Gasteiger partial charge in [0.2, 0.25) is 0 Å². The monoisotopic (exact) mass is 381 g/mol. The van der Waals surface area contributed by atoms with Gasteiger partial charge in [-0.3, -0.25) is 0 Å². The number of aliphatic hydroxyl groups excluding tert-OH is 1. The van der Waals surface area contributed by atoms with Crippen molar-refractivity contribution in [2.45, 2.75) is 29.9 Å². The summed E-state index contributed by atoms with van der Waals surface area (Å²) in [6.45, 7) is 2.01. The lowest BCUT2D eigenvalue weighted by Crippen LogP contribution is -2.07. The maximum atomic E-state index is 12.4. The van der Waals surface area contributed by atoms with Crippen LogP contribution in [-0.4, -0.2) is 30.4 Å². The van der Waals surface area contributed by atoms with Crippen LogP contribution in [-0.2, 0) is 9.84 Å². The van der Waals surface area contributed by atoms with Crippen LogP contribution in [0.15, 0.2) is 65.6 Å². The number of hydrogen-bond acceptors (Lipinski definition) is 3. The summed E-state index contributed by atoms with van der Waals surface area (Å²) < 4.78 is 24.9. The number of fused-ring (bicyclic) bond motifs is 1. The number of H-pyrrole nitrogens is 1. The van der Waals surface area contributed by atoms with E-state index < -0.39 is 9.84 Å². The molecule has 1 saturated carbocycles. The van der Waals surface area contributed by atoms with E-state index in [-0.39, 0.29) is 17.8 Å². The van der Waals surface area contributed by atoms with E-state index in [1.807, 2.05) is 49.4 Å². The molecule has 1 atom stereocenters. The van der Waals surface area contributed by atoms with Crippen LogP contribution in [0, 0.1) is 5.92 Å².